The first-order valence-electron chi connectivity index (χ1n) is 8.90. The average molecular weight is 394 g/mol. The number of nitrogens with zero attached hydrogens (tertiary/aromatic N) is 3. The summed E-state index contributed by atoms with van der Waals surface area (Å²) in [6, 6.07) is 7.98. The topological polar surface area (TPSA) is 68.7 Å². The van der Waals surface area contributed by atoms with Gasteiger partial charge in [0.15, 0.2) is 0 Å². The molecule has 0 radical (unpaired) electrons. The van der Waals surface area contributed by atoms with Crippen LogP contribution in [0.15, 0.2) is 42.6 Å². The Balaban J connectivity index is 1.76. The number of nitrogens with one attached hydrogen (secondary N) is 1. The van der Waals surface area contributed by atoms with Gasteiger partial charge in [-0.15, -0.1) is 0 Å². The third-order valence-corrected chi connectivity index (χ3v) is 4.57. The lowest BCUT2D eigenvalue weighted by Gasteiger charge is -2.34. The molecule has 0 atom stereocenters. The number of carbonyl (C=O) groups is 1. The molecule has 0 bridgehead atoms. The number of halogens is 3. The Hall–Kier alpha value is -2.65. The van der Waals surface area contributed by atoms with Gasteiger partial charge in [-0.3, -0.25) is 9.69 Å². The van der Waals surface area contributed by atoms with Crippen LogP contribution >= 0.6 is 0 Å². The molecule has 0 unspecified atom stereocenters. The Labute approximate surface area is 160 Å². The summed E-state index contributed by atoms with van der Waals surface area (Å²) >= 11 is 0. The van der Waals surface area contributed by atoms with Gasteiger partial charge in [0, 0.05) is 44.6 Å². The van der Waals surface area contributed by atoms with Crippen LogP contribution in [0.1, 0.15) is 15.9 Å². The normalized spacial score (nSPS) is 15.5. The van der Waals surface area contributed by atoms with Crippen molar-refractivity contribution in [3.8, 4) is 0 Å². The van der Waals surface area contributed by atoms with Gasteiger partial charge in [0.05, 0.1) is 17.7 Å². The molecule has 9 heteroatoms. The molecule has 2 heterocycles. The predicted molar refractivity (Wildman–Crippen MR) is 98.4 cm³/mol. The number of aliphatic hydroxyl groups is 1. The third kappa shape index (κ3) is 4.79. The van der Waals surface area contributed by atoms with Crippen LogP contribution in [0.5, 0.6) is 0 Å². The molecule has 1 amide bonds. The number of piperazine rings is 1. The zero-order chi connectivity index (χ0) is 20.1. The van der Waals surface area contributed by atoms with Crippen molar-refractivity contribution < 1.29 is 23.1 Å². The van der Waals surface area contributed by atoms with Crippen molar-refractivity contribution in [1.29, 1.82) is 0 Å². The van der Waals surface area contributed by atoms with E-state index in [1.54, 1.807) is 17.0 Å². The molecule has 3 rings (SSSR count). The number of amides is 1. The minimum Gasteiger partial charge on any atom is -0.395 e. The highest BCUT2D eigenvalue weighted by molar-refractivity contribution is 5.99. The molecule has 2 N–H and O–H groups in total. The van der Waals surface area contributed by atoms with E-state index in [2.05, 4.69) is 15.2 Å². The van der Waals surface area contributed by atoms with E-state index in [0.29, 0.717) is 38.3 Å². The Bertz CT molecular complexity index is 821. The molecule has 1 aliphatic heterocycles. The van der Waals surface area contributed by atoms with Crippen LogP contribution in [0.4, 0.5) is 24.7 Å². The Morgan fingerprint density at radius 1 is 1.14 bits per heavy atom. The van der Waals surface area contributed by atoms with Crippen molar-refractivity contribution in [2.45, 2.75) is 6.18 Å². The fourth-order valence-electron chi connectivity index (χ4n) is 3.07. The molecule has 0 spiro atoms. The van der Waals surface area contributed by atoms with Crippen LogP contribution in [-0.2, 0) is 6.18 Å². The molecule has 1 aromatic heterocycles. The van der Waals surface area contributed by atoms with Gasteiger partial charge >= 0.3 is 6.18 Å². The molecule has 1 aliphatic rings. The number of hydrogen-bond acceptors (Lipinski definition) is 5. The fraction of sp³-hybridized carbons (Fsp3) is 0.368. The van der Waals surface area contributed by atoms with Gasteiger partial charge in [-0.25, -0.2) is 4.98 Å². The second kappa shape index (κ2) is 8.57. The first-order valence-corrected chi connectivity index (χ1v) is 8.90. The quantitative estimate of drug-likeness (QED) is 0.816. The van der Waals surface area contributed by atoms with E-state index in [-0.39, 0.29) is 24.0 Å². The number of carbonyl (C=O) groups excluding carboxylic acids is 1. The molecule has 1 aromatic carbocycles. The highest BCUT2D eigenvalue weighted by Crippen LogP contribution is 2.31. The van der Waals surface area contributed by atoms with Gasteiger partial charge in [-0.1, -0.05) is 6.07 Å². The maximum absolute atomic E-state index is 12.9. The first-order chi connectivity index (χ1) is 13.4. The number of alkyl halides is 3. The van der Waals surface area contributed by atoms with Crippen molar-refractivity contribution in [3.05, 3.63) is 53.7 Å². The average Bonchev–Trinajstić information content (AvgIpc) is 2.68. The summed E-state index contributed by atoms with van der Waals surface area (Å²) in [5.41, 5.74) is -0.271. The number of anilines is 2. The molecule has 150 valence electrons. The maximum atomic E-state index is 12.9. The lowest BCUT2D eigenvalue weighted by atomic mass is 10.1. The standard InChI is InChI=1S/C19H21F3N4O2/c20-19(21,22)14-3-1-4-15(13-14)24-17-16(5-2-6-23-17)18(28)26-9-7-25(8-10-26)11-12-27/h1-6,13,27H,7-12H2,(H,23,24). The molecular weight excluding hydrogens is 373 g/mol. The van der Waals surface area contributed by atoms with Gasteiger partial charge < -0.3 is 15.3 Å². The summed E-state index contributed by atoms with van der Waals surface area (Å²) < 4.78 is 38.8. The highest BCUT2D eigenvalue weighted by atomic mass is 19.4. The van der Waals surface area contributed by atoms with E-state index < -0.39 is 11.7 Å². The Kier molecular flexibility index (Phi) is 6.15. The van der Waals surface area contributed by atoms with Crippen LogP contribution in [0.3, 0.4) is 0 Å². The summed E-state index contributed by atoms with van der Waals surface area (Å²) in [4.78, 5) is 20.8. The lowest BCUT2D eigenvalue weighted by Crippen LogP contribution is -2.49. The number of pyridine rings is 1. The van der Waals surface area contributed by atoms with Crippen molar-refractivity contribution in [2.24, 2.45) is 0 Å². The SMILES string of the molecule is O=C(c1cccnc1Nc1cccc(C(F)(F)F)c1)N1CCN(CCO)CC1. The summed E-state index contributed by atoms with van der Waals surface area (Å²) in [6.07, 6.45) is -2.97. The second-order valence-electron chi connectivity index (χ2n) is 6.46. The van der Waals surface area contributed by atoms with E-state index in [0.717, 1.165) is 12.1 Å². The molecule has 6 nitrogen and oxygen atoms in total. The number of aliphatic hydroxyl groups excluding tert-OH is 1. The van der Waals surface area contributed by atoms with Crippen molar-refractivity contribution in [3.63, 3.8) is 0 Å². The zero-order valence-electron chi connectivity index (χ0n) is 15.1. The molecule has 2 aromatic rings. The molecule has 1 saturated heterocycles. The first kappa shape index (κ1) is 20.1. The van der Waals surface area contributed by atoms with Gasteiger partial charge in [0.25, 0.3) is 5.91 Å². The lowest BCUT2D eigenvalue weighted by molar-refractivity contribution is -0.137. The van der Waals surface area contributed by atoms with Gasteiger partial charge in [0.1, 0.15) is 5.82 Å². The van der Waals surface area contributed by atoms with Crippen molar-refractivity contribution >= 4 is 17.4 Å². The van der Waals surface area contributed by atoms with Crippen LogP contribution in [0.25, 0.3) is 0 Å². The molecule has 0 saturated carbocycles. The van der Waals surface area contributed by atoms with Gasteiger partial charge in [0.2, 0.25) is 0 Å². The molecule has 1 fully saturated rings. The largest absolute Gasteiger partial charge is 0.416 e. The number of aromatic nitrogens is 1. The smallest absolute Gasteiger partial charge is 0.395 e. The predicted octanol–water partition coefficient (Wildman–Crippen LogP) is 2.59. The molecular formula is C19H21F3N4O2. The van der Waals surface area contributed by atoms with Gasteiger partial charge in [-0.2, -0.15) is 13.2 Å². The van der Waals surface area contributed by atoms with E-state index in [9.17, 15) is 18.0 Å². The maximum Gasteiger partial charge on any atom is 0.416 e. The number of rotatable bonds is 5. The number of benzene rings is 1. The van der Waals surface area contributed by atoms with Crippen LogP contribution in [0, 0.1) is 0 Å². The molecule has 28 heavy (non-hydrogen) atoms. The van der Waals surface area contributed by atoms with E-state index in [1.165, 1.54) is 18.3 Å². The Morgan fingerprint density at radius 2 is 1.89 bits per heavy atom. The summed E-state index contributed by atoms with van der Waals surface area (Å²) in [5.74, 6) is -0.0177. The fourth-order valence-corrected chi connectivity index (χ4v) is 3.07. The highest BCUT2D eigenvalue weighted by Gasteiger charge is 2.30. The van der Waals surface area contributed by atoms with Crippen molar-refractivity contribution in [1.82, 2.24) is 14.8 Å². The van der Waals surface area contributed by atoms with E-state index >= 15 is 0 Å². The van der Waals surface area contributed by atoms with Crippen LogP contribution < -0.4 is 5.32 Å². The van der Waals surface area contributed by atoms with Gasteiger partial charge in [-0.05, 0) is 30.3 Å². The summed E-state index contributed by atoms with van der Waals surface area (Å²) in [6.45, 7) is 2.97. The van der Waals surface area contributed by atoms with Crippen molar-refractivity contribution in [2.75, 3.05) is 44.6 Å². The molecule has 0 aliphatic carbocycles. The summed E-state index contributed by atoms with van der Waals surface area (Å²) in [7, 11) is 0. The minimum absolute atomic E-state index is 0.0710. The monoisotopic (exact) mass is 394 g/mol. The Morgan fingerprint density at radius 3 is 2.57 bits per heavy atom. The van der Waals surface area contributed by atoms with Crippen LogP contribution in [0.2, 0.25) is 0 Å². The van der Waals surface area contributed by atoms with E-state index in [1.807, 2.05) is 0 Å². The number of hydrogen-bond donors (Lipinski definition) is 2. The van der Waals surface area contributed by atoms with Crippen LogP contribution in [-0.4, -0.2) is 65.1 Å². The summed E-state index contributed by atoms with van der Waals surface area (Å²) in [5, 5.41) is 11.8. The zero-order valence-corrected chi connectivity index (χ0v) is 15.1. The van der Waals surface area contributed by atoms with E-state index in [4.69, 9.17) is 5.11 Å². The third-order valence-electron chi connectivity index (χ3n) is 4.57. The minimum atomic E-state index is -4.45. The number of β-amino-alcohol motifs (C(OH)–C–C–N with tert-alkyl or cyclic N) is 1. The second-order valence-corrected chi connectivity index (χ2v) is 6.46.